The van der Waals surface area contributed by atoms with Crippen molar-refractivity contribution in [1.82, 2.24) is 0 Å². The Hall–Kier alpha value is -7.40. The summed E-state index contributed by atoms with van der Waals surface area (Å²) >= 11 is 0. The Balaban J connectivity index is 1.09. The van der Waals surface area contributed by atoms with Crippen molar-refractivity contribution >= 4 is 89.8 Å². The van der Waals surface area contributed by atoms with Crippen LogP contribution in [0.15, 0.2) is 233 Å². The van der Waals surface area contributed by atoms with Crippen LogP contribution in [0.1, 0.15) is 0 Å². The zero-order valence-electron chi connectivity index (χ0n) is 31.6. The third kappa shape index (κ3) is 5.57. The number of para-hydroxylation sites is 1. The fraction of sp³-hybridized carbons (Fsp3) is 0. The van der Waals surface area contributed by atoms with Crippen LogP contribution in [0.25, 0.3) is 55.0 Å². The summed E-state index contributed by atoms with van der Waals surface area (Å²) in [6.45, 7) is 0. The van der Waals surface area contributed by atoms with Gasteiger partial charge >= 0.3 is 0 Å². The van der Waals surface area contributed by atoms with Gasteiger partial charge in [-0.25, -0.2) is 0 Å². The lowest BCUT2D eigenvalue weighted by Gasteiger charge is -2.35. The van der Waals surface area contributed by atoms with E-state index in [0.29, 0.717) is 0 Å². The molecule has 0 saturated carbocycles. The molecule has 58 heavy (non-hydrogen) atoms. The number of hydrogen-bond donors (Lipinski definition) is 0. The minimum absolute atomic E-state index is 0.841. The van der Waals surface area contributed by atoms with Crippen LogP contribution in [-0.2, 0) is 0 Å². The standard InChI is InChI=1S/C54H37NO2Si/c1-5-15-38(16-6-1)39-25-32-48-50-34-29-42(37-54(50)57-52(48)35-39)55(41-28-33-49-47-23-13-14-24-51(47)56-53(49)36-41)40-26-30-46(31-27-40)58(43-17-7-2-8-18-43,44-19-9-3-10-20-44)45-21-11-4-12-22-45/h1-37H. The zero-order chi connectivity index (χ0) is 38.5. The average Bonchev–Trinajstić information content (AvgIpc) is 3.86. The van der Waals surface area contributed by atoms with E-state index in [0.717, 1.165) is 66.5 Å². The number of rotatable bonds is 8. The maximum Gasteiger partial charge on any atom is 0.179 e. The van der Waals surface area contributed by atoms with Crippen LogP contribution >= 0.6 is 0 Å². The molecule has 0 atom stereocenters. The third-order valence-corrected chi connectivity index (χ3v) is 16.4. The van der Waals surface area contributed by atoms with Gasteiger partial charge in [0.25, 0.3) is 0 Å². The van der Waals surface area contributed by atoms with E-state index in [1.54, 1.807) is 0 Å². The molecule has 0 aliphatic rings. The molecule has 0 aliphatic carbocycles. The minimum Gasteiger partial charge on any atom is -0.456 e. The molecule has 11 rings (SSSR count). The molecule has 0 bridgehead atoms. The van der Waals surface area contributed by atoms with Gasteiger partial charge in [0.05, 0.1) is 0 Å². The Morgan fingerprint density at radius 1 is 0.276 bits per heavy atom. The van der Waals surface area contributed by atoms with Gasteiger partial charge in [0.1, 0.15) is 22.3 Å². The summed E-state index contributed by atoms with van der Waals surface area (Å²) < 4.78 is 13.1. The van der Waals surface area contributed by atoms with Crippen LogP contribution in [0.5, 0.6) is 0 Å². The number of benzene rings is 9. The summed E-state index contributed by atoms with van der Waals surface area (Å²) in [5.41, 5.74) is 8.78. The van der Waals surface area contributed by atoms with Crippen LogP contribution in [0.3, 0.4) is 0 Å². The largest absolute Gasteiger partial charge is 0.456 e. The Kier molecular flexibility index (Phi) is 8.16. The predicted molar refractivity (Wildman–Crippen MR) is 245 cm³/mol. The van der Waals surface area contributed by atoms with Crippen molar-refractivity contribution in [2.24, 2.45) is 0 Å². The van der Waals surface area contributed by atoms with Gasteiger partial charge in [-0.3, -0.25) is 0 Å². The lowest BCUT2D eigenvalue weighted by atomic mass is 10.0. The van der Waals surface area contributed by atoms with Crippen molar-refractivity contribution in [3.8, 4) is 11.1 Å². The number of furan rings is 2. The fourth-order valence-electron chi connectivity index (χ4n) is 8.94. The first kappa shape index (κ1) is 33.9. The van der Waals surface area contributed by atoms with E-state index >= 15 is 0 Å². The summed E-state index contributed by atoms with van der Waals surface area (Å²) in [5.74, 6) is 0. The van der Waals surface area contributed by atoms with Crippen molar-refractivity contribution in [3.63, 3.8) is 0 Å². The number of nitrogens with zero attached hydrogens (tertiary/aromatic N) is 1. The molecule has 9 aromatic carbocycles. The molecular weight excluding hydrogens is 723 g/mol. The second-order valence-corrected chi connectivity index (χ2v) is 18.7. The van der Waals surface area contributed by atoms with Gasteiger partial charge in [-0.2, -0.15) is 0 Å². The van der Waals surface area contributed by atoms with E-state index in [2.05, 4.69) is 211 Å². The normalized spacial score (nSPS) is 11.8. The first-order valence-electron chi connectivity index (χ1n) is 19.7. The van der Waals surface area contributed by atoms with E-state index in [4.69, 9.17) is 8.83 Å². The van der Waals surface area contributed by atoms with Crippen LogP contribution in [-0.4, -0.2) is 8.07 Å². The Bertz CT molecular complexity index is 3110. The van der Waals surface area contributed by atoms with E-state index in [9.17, 15) is 0 Å². The highest BCUT2D eigenvalue weighted by Gasteiger charge is 2.41. The van der Waals surface area contributed by atoms with Crippen molar-refractivity contribution in [2.45, 2.75) is 0 Å². The maximum atomic E-state index is 6.66. The molecule has 0 fully saturated rings. The molecule has 4 heteroatoms. The van der Waals surface area contributed by atoms with Gasteiger partial charge in [0.15, 0.2) is 8.07 Å². The Labute approximate surface area is 337 Å². The molecule has 11 aromatic rings. The van der Waals surface area contributed by atoms with E-state index in [1.807, 2.05) is 18.2 Å². The smallest absolute Gasteiger partial charge is 0.179 e. The summed E-state index contributed by atoms with van der Waals surface area (Å²) in [5, 5.41) is 9.75. The summed E-state index contributed by atoms with van der Waals surface area (Å²) in [6, 6.07) is 80.8. The lowest BCUT2D eigenvalue weighted by molar-refractivity contribution is 0.669. The molecule has 0 saturated heterocycles. The predicted octanol–water partition coefficient (Wildman–Crippen LogP) is 12.0. The van der Waals surface area contributed by atoms with Crippen molar-refractivity contribution in [3.05, 3.63) is 224 Å². The minimum atomic E-state index is -2.70. The number of fused-ring (bicyclic) bond motifs is 6. The van der Waals surface area contributed by atoms with Crippen LogP contribution in [0.2, 0.25) is 0 Å². The molecule has 2 aromatic heterocycles. The summed E-state index contributed by atoms with van der Waals surface area (Å²) in [7, 11) is -2.70. The molecule has 0 unspecified atom stereocenters. The first-order chi connectivity index (χ1) is 28.7. The second kappa shape index (κ2) is 14.0. The monoisotopic (exact) mass is 759 g/mol. The fourth-order valence-corrected chi connectivity index (χ4v) is 13.7. The van der Waals surface area contributed by atoms with Crippen LogP contribution < -0.4 is 25.6 Å². The van der Waals surface area contributed by atoms with Crippen molar-refractivity contribution in [2.75, 3.05) is 4.90 Å². The quantitative estimate of drug-likeness (QED) is 0.114. The van der Waals surface area contributed by atoms with Crippen molar-refractivity contribution < 1.29 is 8.83 Å². The Morgan fingerprint density at radius 2 is 0.672 bits per heavy atom. The molecular formula is C54H37NO2Si. The molecule has 0 N–H and O–H groups in total. The zero-order valence-corrected chi connectivity index (χ0v) is 32.6. The Morgan fingerprint density at radius 3 is 1.22 bits per heavy atom. The van der Waals surface area contributed by atoms with Gasteiger partial charge in [-0.05, 0) is 86.5 Å². The molecule has 3 nitrogen and oxygen atoms in total. The van der Waals surface area contributed by atoms with Gasteiger partial charge in [-0.1, -0.05) is 158 Å². The highest BCUT2D eigenvalue weighted by atomic mass is 28.3. The molecule has 0 aliphatic heterocycles. The molecule has 0 radical (unpaired) electrons. The second-order valence-electron chi connectivity index (χ2n) is 14.9. The van der Waals surface area contributed by atoms with E-state index < -0.39 is 8.07 Å². The number of anilines is 3. The van der Waals surface area contributed by atoms with Crippen LogP contribution in [0.4, 0.5) is 17.1 Å². The lowest BCUT2D eigenvalue weighted by Crippen LogP contribution is -2.74. The number of hydrogen-bond acceptors (Lipinski definition) is 3. The molecule has 274 valence electrons. The van der Waals surface area contributed by atoms with Gasteiger partial charge in [0, 0.05) is 50.7 Å². The highest BCUT2D eigenvalue weighted by molar-refractivity contribution is 7.19. The SMILES string of the molecule is c1ccc(-c2ccc3c(c2)oc2cc(N(c4ccc([Si](c5ccccc5)(c5ccccc5)c5ccccc5)cc4)c4ccc5c(c4)oc4ccccc45)ccc23)cc1. The van der Waals surface area contributed by atoms with Crippen LogP contribution in [0, 0.1) is 0 Å². The van der Waals surface area contributed by atoms with Gasteiger partial charge in [-0.15, -0.1) is 0 Å². The average molecular weight is 760 g/mol. The van der Waals surface area contributed by atoms with E-state index in [-0.39, 0.29) is 0 Å². The third-order valence-electron chi connectivity index (χ3n) is 11.6. The summed E-state index contributed by atoms with van der Waals surface area (Å²) in [6.07, 6.45) is 0. The van der Waals surface area contributed by atoms with Gasteiger partial charge < -0.3 is 13.7 Å². The molecule has 2 heterocycles. The summed E-state index contributed by atoms with van der Waals surface area (Å²) in [4.78, 5) is 2.31. The highest BCUT2D eigenvalue weighted by Crippen LogP contribution is 2.41. The van der Waals surface area contributed by atoms with Gasteiger partial charge in [0.2, 0.25) is 0 Å². The van der Waals surface area contributed by atoms with Crippen molar-refractivity contribution in [1.29, 1.82) is 0 Å². The first-order valence-corrected chi connectivity index (χ1v) is 21.7. The molecule has 0 spiro atoms. The maximum absolute atomic E-state index is 6.66. The topological polar surface area (TPSA) is 29.5 Å². The molecule has 0 amide bonds. The van der Waals surface area contributed by atoms with E-state index in [1.165, 1.54) is 26.3 Å².